The summed E-state index contributed by atoms with van der Waals surface area (Å²) in [4.78, 5) is 0. The fraction of sp³-hybridized carbons (Fsp3) is 0.562. The zero-order chi connectivity index (χ0) is 13.9. The van der Waals surface area contributed by atoms with Gasteiger partial charge in [0.05, 0.1) is 5.69 Å². The van der Waals surface area contributed by atoms with Crippen molar-refractivity contribution in [2.24, 2.45) is 5.92 Å². The van der Waals surface area contributed by atoms with Crippen LogP contribution in [0.1, 0.15) is 37.7 Å². The average Bonchev–Trinajstić information content (AvgIpc) is 3.09. The molecule has 1 aromatic carbocycles. The van der Waals surface area contributed by atoms with Gasteiger partial charge >= 0.3 is 0 Å². The maximum Gasteiger partial charge on any atom is 0.143 e. The van der Waals surface area contributed by atoms with Gasteiger partial charge in [-0.2, -0.15) is 5.26 Å². The highest BCUT2D eigenvalue weighted by molar-refractivity contribution is 5.58. The molecule has 0 aromatic heterocycles. The molecule has 3 unspecified atom stereocenters. The number of nitrogens with one attached hydrogen (secondary N) is 2. The first-order valence-electron chi connectivity index (χ1n) is 7.48. The second-order valence-electron chi connectivity index (χ2n) is 5.82. The number of anilines is 1. The molecular weight excluding hydrogens is 253 g/mol. The van der Waals surface area contributed by atoms with E-state index in [0.29, 0.717) is 23.7 Å². The van der Waals surface area contributed by atoms with E-state index >= 15 is 0 Å². The Morgan fingerprint density at radius 3 is 2.90 bits per heavy atom. The predicted molar refractivity (Wildman–Crippen MR) is 76.9 cm³/mol. The maximum atomic E-state index is 13.6. The third-order valence-electron chi connectivity index (χ3n) is 4.65. The smallest absolute Gasteiger partial charge is 0.143 e. The summed E-state index contributed by atoms with van der Waals surface area (Å²) in [5.41, 5.74) is 0.778. The van der Waals surface area contributed by atoms with Crippen molar-refractivity contribution >= 4 is 5.69 Å². The highest BCUT2D eigenvalue weighted by Gasteiger charge is 2.35. The van der Waals surface area contributed by atoms with Gasteiger partial charge in [-0.05, 0) is 50.3 Å². The molecule has 1 saturated carbocycles. The first-order valence-corrected chi connectivity index (χ1v) is 7.48. The molecule has 1 aromatic rings. The van der Waals surface area contributed by atoms with Crippen LogP contribution in [0.15, 0.2) is 18.2 Å². The van der Waals surface area contributed by atoms with E-state index in [-0.39, 0.29) is 5.56 Å². The van der Waals surface area contributed by atoms with Gasteiger partial charge < -0.3 is 10.6 Å². The predicted octanol–water partition coefficient (Wildman–Crippen LogP) is 3.03. The Bertz CT molecular complexity index is 517. The van der Waals surface area contributed by atoms with Crippen LogP contribution in [0, 0.1) is 23.1 Å². The number of benzene rings is 1. The Balaban J connectivity index is 1.77. The molecule has 0 amide bonds. The molecule has 1 aliphatic heterocycles. The monoisotopic (exact) mass is 273 g/mol. The van der Waals surface area contributed by atoms with Crippen LogP contribution in [-0.4, -0.2) is 18.6 Å². The van der Waals surface area contributed by atoms with Gasteiger partial charge in [0.1, 0.15) is 17.4 Å². The molecule has 4 heteroatoms. The minimum absolute atomic E-state index is 0.137. The highest BCUT2D eigenvalue weighted by Crippen LogP contribution is 2.34. The summed E-state index contributed by atoms with van der Waals surface area (Å²) in [6, 6.07) is 7.70. The van der Waals surface area contributed by atoms with Crippen molar-refractivity contribution in [1.29, 1.82) is 5.26 Å². The zero-order valence-electron chi connectivity index (χ0n) is 11.5. The molecule has 1 saturated heterocycles. The molecule has 1 aliphatic carbocycles. The van der Waals surface area contributed by atoms with Crippen molar-refractivity contribution in [3.05, 3.63) is 29.6 Å². The van der Waals surface area contributed by atoms with Gasteiger partial charge in [0, 0.05) is 12.1 Å². The van der Waals surface area contributed by atoms with Crippen molar-refractivity contribution in [2.45, 2.75) is 44.2 Å². The van der Waals surface area contributed by atoms with Gasteiger partial charge in [0.2, 0.25) is 0 Å². The lowest BCUT2D eigenvalue weighted by Crippen LogP contribution is -2.38. The lowest BCUT2D eigenvalue weighted by atomic mass is 9.92. The van der Waals surface area contributed by atoms with E-state index < -0.39 is 5.82 Å². The molecule has 3 nitrogen and oxygen atoms in total. The first-order chi connectivity index (χ1) is 9.79. The molecule has 20 heavy (non-hydrogen) atoms. The molecule has 1 heterocycles. The Labute approximate surface area is 119 Å². The number of halogens is 1. The zero-order valence-corrected chi connectivity index (χ0v) is 11.5. The fourth-order valence-corrected chi connectivity index (χ4v) is 3.68. The lowest BCUT2D eigenvalue weighted by molar-refractivity contribution is 0.376. The number of hydrogen-bond acceptors (Lipinski definition) is 3. The molecule has 2 fully saturated rings. The van der Waals surface area contributed by atoms with Crippen LogP contribution in [0.2, 0.25) is 0 Å². The van der Waals surface area contributed by atoms with E-state index in [9.17, 15) is 4.39 Å². The molecule has 3 atom stereocenters. The molecule has 2 aliphatic rings. The lowest BCUT2D eigenvalue weighted by Gasteiger charge is -2.27. The van der Waals surface area contributed by atoms with Crippen molar-refractivity contribution in [3.8, 4) is 6.07 Å². The summed E-state index contributed by atoms with van der Waals surface area (Å²) in [7, 11) is 0. The third-order valence-corrected chi connectivity index (χ3v) is 4.65. The minimum Gasteiger partial charge on any atom is -0.381 e. The number of rotatable bonds is 3. The van der Waals surface area contributed by atoms with E-state index in [1.54, 1.807) is 12.1 Å². The molecule has 106 valence electrons. The van der Waals surface area contributed by atoms with E-state index in [1.165, 1.54) is 31.7 Å². The van der Waals surface area contributed by atoms with E-state index in [1.807, 2.05) is 6.07 Å². The summed E-state index contributed by atoms with van der Waals surface area (Å²) < 4.78 is 13.6. The third kappa shape index (κ3) is 2.51. The van der Waals surface area contributed by atoms with Crippen molar-refractivity contribution < 1.29 is 4.39 Å². The topological polar surface area (TPSA) is 47.9 Å². The molecule has 0 spiro atoms. The summed E-state index contributed by atoms with van der Waals surface area (Å²) in [5, 5.41) is 16.1. The van der Waals surface area contributed by atoms with Crippen LogP contribution in [0.3, 0.4) is 0 Å². The summed E-state index contributed by atoms with van der Waals surface area (Å²) in [6.07, 6.45) is 6.00. The minimum atomic E-state index is -0.439. The summed E-state index contributed by atoms with van der Waals surface area (Å²) >= 11 is 0. The quantitative estimate of drug-likeness (QED) is 0.890. The van der Waals surface area contributed by atoms with Gasteiger partial charge in [-0.1, -0.05) is 12.5 Å². The Morgan fingerprint density at radius 1 is 1.25 bits per heavy atom. The SMILES string of the molecule is N#Cc1c(F)cccc1NC1CCCC1C1CCCN1. The number of nitriles is 1. The molecule has 2 N–H and O–H groups in total. The standard InChI is InChI=1S/C16H20FN3/c17-13-5-2-7-16(12(13)10-18)20-15-6-1-4-11(15)14-8-3-9-19-14/h2,5,7,11,14-15,19-20H,1,3-4,6,8-9H2. The van der Waals surface area contributed by atoms with E-state index in [4.69, 9.17) is 5.26 Å². The Hall–Kier alpha value is -1.60. The van der Waals surface area contributed by atoms with Crippen LogP contribution in [0.5, 0.6) is 0 Å². The molecule has 0 bridgehead atoms. The Kier molecular flexibility index (Phi) is 3.88. The van der Waals surface area contributed by atoms with Gasteiger partial charge in [0.25, 0.3) is 0 Å². The van der Waals surface area contributed by atoms with Crippen LogP contribution < -0.4 is 10.6 Å². The Morgan fingerprint density at radius 2 is 2.15 bits per heavy atom. The van der Waals surface area contributed by atoms with Gasteiger partial charge in [-0.3, -0.25) is 0 Å². The summed E-state index contributed by atoms with van der Waals surface area (Å²) in [6.45, 7) is 1.11. The second-order valence-corrected chi connectivity index (χ2v) is 5.82. The molecular formula is C16H20FN3. The van der Waals surface area contributed by atoms with Crippen LogP contribution in [-0.2, 0) is 0 Å². The number of nitrogens with zero attached hydrogens (tertiary/aromatic N) is 1. The molecule has 0 radical (unpaired) electrons. The van der Waals surface area contributed by atoms with Crippen LogP contribution >= 0.6 is 0 Å². The maximum absolute atomic E-state index is 13.6. The second kappa shape index (κ2) is 5.80. The normalized spacial score (nSPS) is 29.3. The largest absolute Gasteiger partial charge is 0.381 e. The van der Waals surface area contributed by atoms with Crippen molar-refractivity contribution in [3.63, 3.8) is 0 Å². The molecule has 3 rings (SSSR count). The van der Waals surface area contributed by atoms with Gasteiger partial charge in [-0.15, -0.1) is 0 Å². The van der Waals surface area contributed by atoms with E-state index in [0.717, 1.165) is 13.0 Å². The van der Waals surface area contributed by atoms with Crippen LogP contribution in [0.25, 0.3) is 0 Å². The first kappa shape index (κ1) is 13.4. The highest BCUT2D eigenvalue weighted by atomic mass is 19.1. The fourth-order valence-electron chi connectivity index (χ4n) is 3.68. The summed E-state index contributed by atoms with van der Waals surface area (Å²) in [5.74, 6) is 0.151. The van der Waals surface area contributed by atoms with Gasteiger partial charge in [-0.25, -0.2) is 4.39 Å². The van der Waals surface area contributed by atoms with Gasteiger partial charge in [0.15, 0.2) is 0 Å². The van der Waals surface area contributed by atoms with E-state index in [2.05, 4.69) is 10.6 Å². The number of hydrogen-bond donors (Lipinski definition) is 2. The van der Waals surface area contributed by atoms with Crippen molar-refractivity contribution in [1.82, 2.24) is 5.32 Å². The average molecular weight is 273 g/mol. The van der Waals surface area contributed by atoms with Crippen LogP contribution in [0.4, 0.5) is 10.1 Å². The van der Waals surface area contributed by atoms with Crippen molar-refractivity contribution in [2.75, 3.05) is 11.9 Å².